The Bertz CT molecular complexity index is 702. The molecule has 1 aromatic carbocycles. The SMILES string of the molecule is CN1CCN(S(=O)(=O)c2ccc(N[C@H](C(=O)O)C(C)(C)C)cc2)CC1. The number of nitrogens with one attached hydrogen (secondary N) is 1. The minimum Gasteiger partial charge on any atom is -0.480 e. The summed E-state index contributed by atoms with van der Waals surface area (Å²) in [4.78, 5) is 13.8. The van der Waals surface area contributed by atoms with Gasteiger partial charge in [-0.25, -0.2) is 13.2 Å². The Kier molecular flexibility index (Phi) is 5.75. The van der Waals surface area contributed by atoms with E-state index >= 15 is 0 Å². The van der Waals surface area contributed by atoms with Gasteiger partial charge in [0.25, 0.3) is 0 Å². The van der Waals surface area contributed by atoms with Crippen molar-refractivity contribution >= 4 is 21.7 Å². The molecule has 0 radical (unpaired) electrons. The molecule has 1 saturated heterocycles. The fourth-order valence-corrected chi connectivity index (χ4v) is 4.14. The van der Waals surface area contributed by atoms with Crippen molar-refractivity contribution in [3.63, 3.8) is 0 Å². The standard InChI is InChI=1S/C17H27N3O4S/c1-17(2,3)15(16(21)22)18-13-5-7-14(8-6-13)25(23,24)20-11-9-19(4)10-12-20/h5-8,15,18H,9-12H2,1-4H3,(H,21,22)/t15-/m1/s1. The number of benzene rings is 1. The molecule has 1 aliphatic rings. The number of hydrogen-bond donors (Lipinski definition) is 2. The highest BCUT2D eigenvalue weighted by Crippen LogP contribution is 2.25. The number of likely N-dealkylation sites (N-methyl/N-ethyl adjacent to an activating group) is 1. The normalized spacial score (nSPS) is 18.7. The number of carboxylic acids is 1. The van der Waals surface area contributed by atoms with E-state index in [4.69, 9.17) is 0 Å². The van der Waals surface area contributed by atoms with Crippen LogP contribution < -0.4 is 5.32 Å². The van der Waals surface area contributed by atoms with Gasteiger partial charge in [-0.15, -0.1) is 0 Å². The molecule has 2 rings (SSSR count). The minimum atomic E-state index is -3.51. The zero-order valence-corrected chi connectivity index (χ0v) is 16.0. The van der Waals surface area contributed by atoms with Crippen LogP contribution in [0.1, 0.15) is 20.8 Å². The highest BCUT2D eigenvalue weighted by atomic mass is 32.2. The summed E-state index contributed by atoms with van der Waals surface area (Å²) in [5, 5.41) is 12.3. The molecule has 1 atom stereocenters. The van der Waals surface area contributed by atoms with Crippen molar-refractivity contribution in [3.05, 3.63) is 24.3 Å². The summed E-state index contributed by atoms with van der Waals surface area (Å²) < 4.78 is 26.9. The maximum absolute atomic E-state index is 12.7. The molecule has 0 amide bonds. The molecule has 1 aromatic rings. The Morgan fingerprint density at radius 1 is 1.12 bits per heavy atom. The highest BCUT2D eigenvalue weighted by Gasteiger charge is 2.31. The van der Waals surface area contributed by atoms with Crippen molar-refractivity contribution in [1.82, 2.24) is 9.21 Å². The Hall–Kier alpha value is -1.64. The number of rotatable bonds is 5. The number of carbonyl (C=O) groups is 1. The van der Waals surface area contributed by atoms with E-state index in [0.717, 1.165) is 0 Å². The van der Waals surface area contributed by atoms with Crippen molar-refractivity contribution in [1.29, 1.82) is 0 Å². The molecular weight excluding hydrogens is 342 g/mol. The molecule has 25 heavy (non-hydrogen) atoms. The van der Waals surface area contributed by atoms with Gasteiger partial charge in [0.1, 0.15) is 6.04 Å². The van der Waals surface area contributed by atoms with Gasteiger partial charge in [0.2, 0.25) is 10.0 Å². The Morgan fingerprint density at radius 2 is 1.64 bits per heavy atom. The van der Waals surface area contributed by atoms with Crippen LogP contribution in [-0.4, -0.2) is 68.0 Å². The second-order valence-corrected chi connectivity index (χ2v) is 9.45. The van der Waals surface area contributed by atoms with Crippen LogP contribution in [0.15, 0.2) is 29.2 Å². The van der Waals surface area contributed by atoms with Crippen LogP contribution in [0, 0.1) is 5.41 Å². The van der Waals surface area contributed by atoms with E-state index in [0.29, 0.717) is 31.9 Å². The van der Waals surface area contributed by atoms with Gasteiger partial charge in [-0.05, 0) is 36.7 Å². The first-order valence-corrected chi connectivity index (χ1v) is 9.74. The van der Waals surface area contributed by atoms with Crippen LogP contribution in [0.3, 0.4) is 0 Å². The first-order chi connectivity index (χ1) is 11.5. The highest BCUT2D eigenvalue weighted by molar-refractivity contribution is 7.89. The van der Waals surface area contributed by atoms with Crippen LogP contribution in [0.25, 0.3) is 0 Å². The molecule has 0 unspecified atom stereocenters. The van der Waals surface area contributed by atoms with Gasteiger partial charge in [0, 0.05) is 31.9 Å². The second-order valence-electron chi connectivity index (χ2n) is 7.51. The average Bonchev–Trinajstić information content (AvgIpc) is 2.52. The number of aliphatic carboxylic acids is 1. The molecule has 7 nitrogen and oxygen atoms in total. The third-order valence-corrected chi connectivity index (χ3v) is 6.29. The maximum Gasteiger partial charge on any atom is 0.326 e. The summed E-state index contributed by atoms with van der Waals surface area (Å²) in [6.45, 7) is 7.89. The van der Waals surface area contributed by atoms with E-state index in [9.17, 15) is 18.3 Å². The summed E-state index contributed by atoms with van der Waals surface area (Å²) in [7, 11) is -1.54. The molecule has 1 fully saturated rings. The Balaban J connectivity index is 2.15. The molecule has 2 N–H and O–H groups in total. The van der Waals surface area contributed by atoms with Crippen LogP contribution >= 0.6 is 0 Å². The predicted molar refractivity (Wildman–Crippen MR) is 97.2 cm³/mol. The van der Waals surface area contributed by atoms with Crippen LogP contribution in [0.5, 0.6) is 0 Å². The second kappa shape index (κ2) is 7.31. The summed E-state index contributed by atoms with van der Waals surface area (Å²) in [5.41, 5.74) is 0.107. The summed E-state index contributed by atoms with van der Waals surface area (Å²) >= 11 is 0. The minimum absolute atomic E-state index is 0.227. The lowest BCUT2D eigenvalue weighted by Gasteiger charge is -2.31. The lowest BCUT2D eigenvalue weighted by atomic mass is 9.86. The lowest BCUT2D eigenvalue weighted by molar-refractivity contribution is -0.140. The molecule has 8 heteroatoms. The molecule has 140 valence electrons. The third kappa shape index (κ3) is 4.71. The van der Waals surface area contributed by atoms with E-state index in [-0.39, 0.29) is 4.90 Å². The summed E-state index contributed by atoms with van der Waals surface area (Å²) in [6.07, 6.45) is 0. The van der Waals surface area contributed by atoms with Gasteiger partial charge in [0.05, 0.1) is 4.90 Å². The fraction of sp³-hybridized carbons (Fsp3) is 0.588. The van der Waals surface area contributed by atoms with Gasteiger partial charge in [-0.1, -0.05) is 20.8 Å². The predicted octanol–water partition coefficient (Wildman–Crippen LogP) is 1.53. The quantitative estimate of drug-likeness (QED) is 0.818. The molecule has 0 spiro atoms. The first kappa shape index (κ1) is 19.7. The molecule has 0 saturated carbocycles. The number of anilines is 1. The zero-order chi connectivity index (χ0) is 18.8. The van der Waals surface area contributed by atoms with E-state index in [1.54, 1.807) is 12.1 Å². The van der Waals surface area contributed by atoms with Gasteiger partial charge in [0.15, 0.2) is 0 Å². The molecule has 1 aliphatic heterocycles. The van der Waals surface area contributed by atoms with E-state index < -0.39 is 27.4 Å². The van der Waals surface area contributed by atoms with E-state index in [1.807, 2.05) is 27.8 Å². The van der Waals surface area contributed by atoms with Crippen molar-refractivity contribution in [2.75, 3.05) is 38.5 Å². The topological polar surface area (TPSA) is 90.0 Å². The average molecular weight is 369 g/mol. The maximum atomic E-state index is 12.7. The van der Waals surface area contributed by atoms with Gasteiger partial charge in [-0.3, -0.25) is 0 Å². The monoisotopic (exact) mass is 369 g/mol. The molecular formula is C17H27N3O4S. The smallest absolute Gasteiger partial charge is 0.326 e. The molecule has 0 bridgehead atoms. The van der Waals surface area contributed by atoms with Gasteiger partial charge in [-0.2, -0.15) is 4.31 Å². The van der Waals surface area contributed by atoms with Crippen molar-refractivity contribution < 1.29 is 18.3 Å². The fourth-order valence-electron chi connectivity index (χ4n) is 2.72. The number of carboxylic acid groups (broad SMARTS) is 1. The molecule has 0 aliphatic carbocycles. The Morgan fingerprint density at radius 3 is 2.08 bits per heavy atom. The largest absolute Gasteiger partial charge is 0.480 e. The van der Waals surface area contributed by atoms with Crippen LogP contribution in [0.4, 0.5) is 5.69 Å². The first-order valence-electron chi connectivity index (χ1n) is 8.30. The van der Waals surface area contributed by atoms with Crippen molar-refractivity contribution in [2.24, 2.45) is 5.41 Å². The van der Waals surface area contributed by atoms with Crippen LogP contribution in [0.2, 0.25) is 0 Å². The number of sulfonamides is 1. The zero-order valence-electron chi connectivity index (χ0n) is 15.2. The number of piperazine rings is 1. The van der Waals surface area contributed by atoms with Crippen molar-refractivity contribution in [3.8, 4) is 0 Å². The van der Waals surface area contributed by atoms with Crippen LogP contribution in [-0.2, 0) is 14.8 Å². The third-order valence-electron chi connectivity index (χ3n) is 4.38. The van der Waals surface area contributed by atoms with E-state index in [1.165, 1.54) is 16.4 Å². The number of nitrogens with zero attached hydrogens (tertiary/aromatic N) is 2. The van der Waals surface area contributed by atoms with E-state index in [2.05, 4.69) is 10.2 Å². The van der Waals surface area contributed by atoms with Crippen molar-refractivity contribution in [2.45, 2.75) is 31.7 Å². The molecule has 0 aromatic heterocycles. The molecule has 1 heterocycles. The number of hydrogen-bond acceptors (Lipinski definition) is 5. The van der Waals surface area contributed by atoms with Gasteiger partial charge >= 0.3 is 5.97 Å². The Labute approximate surface area is 149 Å². The lowest BCUT2D eigenvalue weighted by Crippen LogP contribution is -2.47. The summed E-state index contributed by atoms with van der Waals surface area (Å²) in [5.74, 6) is -0.943. The van der Waals surface area contributed by atoms with Gasteiger partial charge < -0.3 is 15.3 Å². The summed E-state index contributed by atoms with van der Waals surface area (Å²) in [6, 6.07) is 5.51.